The van der Waals surface area contributed by atoms with Gasteiger partial charge in [-0.2, -0.15) is 0 Å². The second kappa shape index (κ2) is 5.82. The molecule has 0 aliphatic heterocycles. The van der Waals surface area contributed by atoms with Crippen molar-refractivity contribution in [3.05, 3.63) is 37.4 Å². The Morgan fingerprint density at radius 1 is 0.471 bits per heavy atom. The maximum Gasteiger partial charge on any atom is 0.0477 e. The minimum Gasteiger partial charge on any atom is -0.0501 e. The molecule has 0 aromatic heterocycles. The van der Waals surface area contributed by atoms with Crippen LogP contribution in [0.25, 0.3) is 10.8 Å². The molecule has 90 valence electrons. The molecule has 0 bridgehead atoms. The van der Waals surface area contributed by atoms with Crippen LogP contribution in [0.4, 0.5) is 0 Å². The van der Waals surface area contributed by atoms with Crippen LogP contribution >= 0.6 is 112 Å². The highest BCUT2D eigenvalue weighted by Crippen LogP contribution is 2.49. The zero-order chi connectivity index (χ0) is 12.9. The zero-order valence-corrected chi connectivity index (χ0v) is 18.8. The summed E-state index contributed by atoms with van der Waals surface area (Å²) in [6, 6.07) is 2.02. The normalized spacial score (nSPS) is 11.2. The molecule has 0 atom stereocenters. The van der Waals surface area contributed by atoms with Gasteiger partial charge >= 0.3 is 0 Å². The average Bonchev–Trinajstić information content (AvgIpc) is 2.28. The number of hydrogen-bond donors (Lipinski definition) is 0. The highest BCUT2D eigenvalue weighted by atomic mass is 79.9. The Morgan fingerprint density at radius 3 is 1.47 bits per heavy atom. The first-order valence-electron chi connectivity index (χ1n) is 4.15. The Bertz CT molecular complexity index is 633. The number of fused-ring (bicyclic) bond motifs is 1. The van der Waals surface area contributed by atoms with E-state index in [2.05, 4.69) is 112 Å². The van der Waals surface area contributed by atoms with Crippen LogP contribution in [0.15, 0.2) is 37.4 Å². The second-order valence-corrected chi connectivity index (χ2v) is 8.83. The molecule has 0 fully saturated rings. The van der Waals surface area contributed by atoms with E-state index in [4.69, 9.17) is 0 Å². The number of benzene rings is 2. The summed E-state index contributed by atoms with van der Waals surface area (Å²) in [6.45, 7) is 0. The summed E-state index contributed by atoms with van der Waals surface area (Å²) in [6.07, 6.45) is 0. The van der Waals surface area contributed by atoms with Crippen LogP contribution in [0.1, 0.15) is 0 Å². The maximum absolute atomic E-state index is 3.62. The lowest BCUT2D eigenvalue weighted by atomic mass is 10.1. The average molecular weight is 680 g/mol. The van der Waals surface area contributed by atoms with Gasteiger partial charge in [0.2, 0.25) is 0 Å². The van der Waals surface area contributed by atoms with Gasteiger partial charge in [0, 0.05) is 42.1 Å². The predicted octanol–water partition coefficient (Wildman–Crippen LogP) is 8.18. The van der Waals surface area contributed by atoms with Gasteiger partial charge in [-0.25, -0.2) is 0 Å². The van der Waals surface area contributed by atoms with Crippen molar-refractivity contribution in [2.24, 2.45) is 0 Å². The molecule has 0 aliphatic rings. The Kier molecular flexibility index (Phi) is 5.29. The highest BCUT2D eigenvalue weighted by molar-refractivity contribution is 9.15. The SMILES string of the molecule is Brc1cc(Br)c2c(Br)c(Br)c(Br)c(Br)c2c1Br. The van der Waals surface area contributed by atoms with Gasteiger partial charge in [-0.3, -0.25) is 0 Å². The standard InChI is InChI=1S/C10HBr7/c11-2-1-3(12)6(13)5-4(2)7(14)9(16)10(17)8(5)15/h1H. The summed E-state index contributed by atoms with van der Waals surface area (Å²) in [7, 11) is 0. The Hall–Kier alpha value is 2.06. The molecule has 0 amide bonds. The lowest BCUT2D eigenvalue weighted by Crippen LogP contribution is -1.87. The molecule has 0 aliphatic carbocycles. The van der Waals surface area contributed by atoms with Crippen molar-refractivity contribution in [1.29, 1.82) is 0 Å². The molecule has 7 heteroatoms. The molecule has 17 heavy (non-hydrogen) atoms. The van der Waals surface area contributed by atoms with Crippen molar-refractivity contribution in [2.45, 2.75) is 0 Å². The summed E-state index contributed by atoms with van der Waals surface area (Å²) in [5.74, 6) is 0. The van der Waals surface area contributed by atoms with Gasteiger partial charge in [0.25, 0.3) is 0 Å². The largest absolute Gasteiger partial charge is 0.0501 e. The first-order chi connectivity index (χ1) is 7.86. The molecule has 0 N–H and O–H groups in total. The first-order valence-corrected chi connectivity index (χ1v) is 9.70. The lowest BCUT2D eigenvalue weighted by molar-refractivity contribution is 1.52. The molecular formula is C10HBr7. The Labute approximate surface area is 157 Å². The van der Waals surface area contributed by atoms with Crippen molar-refractivity contribution in [3.8, 4) is 0 Å². The summed E-state index contributed by atoms with van der Waals surface area (Å²) in [5.41, 5.74) is 0. The predicted molar refractivity (Wildman–Crippen MR) is 97.8 cm³/mol. The third-order valence-corrected chi connectivity index (χ3v) is 9.56. The molecule has 2 aromatic rings. The molecule has 0 spiro atoms. The Morgan fingerprint density at radius 2 is 0.941 bits per heavy atom. The van der Waals surface area contributed by atoms with E-state index in [1.54, 1.807) is 0 Å². The van der Waals surface area contributed by atoms with Crippen LogP contribution in [0.2, 0.25) is 0 Å². The fourth-order valence-corrected chi connectivity index (χ4v) is 6.36. The second-order valence-electron chi connectivity index (χ2n) is 3.16. The summed E-state index contributed by atoms with van der Waals surface area (Å²) in [4.78, 5) is 0. The van der Waals surface area contributed by atoms with Gasteiger partial charge < -0.3 is 0 Å². The van der Waals surface area contributed by atoms with E-state index < -0.39 is 0 Å². The van der Waals surface area contributed by atoms with Crippen LogP contribution in [0.3, 0.4) is 0 Å². The van der Waals surface area contributed by atoms with Gasteiger partial charge in [0.1, 0.15) is 0 Å². The van der Waals surface area contributed by atoms with Crippen LogP contribution in [0, 0.1) is 0 Å². The molecule has 2 aromatic carbocycles. The molecular weight excluding hydrogens is 679 g/mol. The number of halogens is 7. The fraction of sp³-hybridized carbons (Fsp3) is 0. The third-order valence-electron chi connectivity index (χ3n) is 2.19. The van der Waals surface area contributed by atoms with E-state index in [1.165, 1.54) is 0 Å². The fourth-order valence-electron chi connectivity index (χ4n) is 1.43. The van der Waals surface area contributed by atoms with Crippen LogP contribution in [-0.4, -0.2) is 0 Å². The van der Waals surface area contributed by atoms with Crippen molar-refractivity contribution < 1.29 is 0 Å². The van der Waals surface area contributed by atoms with Gasteiger partial charge in [-0.05, 0) is 102 Å². The van der Waals surface area contributed by atoms with Crippen molar-refractivity contribution >= 4 is 122 Å². The van der Waals surface area contributed by atoms with Crippen LogP contribution < -0.4 is 0 Å². The minimum absolute atomic E-state index is 0.975. The quantitative estimate of drug-likeness (QED) is 0.195. The van der Waals surface area contributed by atoms with E-state index >= 15 is 0 Å². The van der Waals surface area contributed by atoms with E-state index in [0.717, 1.165) is 42.1 Å². The van der Waals surface area contributed by atoms with Crippen molar-refractivity contribution in [1.82, 2.24) is 0 Å². The minimum atomic E-state index is 0.975. The maximum atomic E-state index is 3.62. The zero-order valence-electron chi connectivity index (χ0n) is 7.72. The van der Waals surface area contributed by atoms with Gasteiger partial charge in [0.15, 0.2) is 0 Å². The molecule has 0 heterocycles. The molecule has 0 unspecified atom stereocenters. The molecule has 0 radical (unpaired) electrons. The van der Waals surface area contributed by atoms with Crippen LogP contribution in [0.5, 0.6) is 0 Å². The third kappa shape index (κ3) is 2.63. The van der Waals surface area contributed by atoms with Crippen molar-refractivity contribution in [2.75, 3.05) is 0 Å². The van der Waals surface area contributed by atoms with E-state index in [-0.39, 0.29) is 0 Å². The molecule has 2 rings (SSSR count). The van der Waals surface area contributed by atoms with E-state index in [0.29, 0.717) is 0 Å². The monoisotopic (exact) mass is 673 g/mol. The summed E-state index contributed by atoms with van der Waals surface area (Å²) < 4.78 is 6.98. The number of rotatable bonds is 0. The van der Waals surface area contributed by atoms with Gasteiger partial charge in [-0.1, -0.05) is 15.9 Å². The lowest BCUT2D eigenvalue weighted by Gasteiger charge is -2.13. The first kappa shape index (κ1) is 15.4. The highest BCUT2D eigenvalue weighted by Gasteiger charge is 2.19. The van der Waals surface area contributed by atoms with E-state index in [1.807, 2.05) is 6.07 Å². The summed E-state index contributed by atoms with van der Waals surface area (Å²) in [5, 5.41) is 2.19. The molecule has 0 nitrogen and oxygen atoms in total. The van der Waals surface area contributed by atoms with Gasteiger partial charge in [0.05, 0.1) is 0 Å². The number of hydrogen-bond acceptors (Lipinski definition) is 0. The topological polar surface area (TPSA) is 0 Å². The molecule has 0 saturated carbocycles. The van der Waals surface area contributed by atoms with E-state index in [9.17, 15) is 0 Å². The van der Waals surface area contributed by atoms with Crippen LogP contribution in [-0.2, 0) is 0 Å². The smallest absolute Gasteiger partial charge is 0.0477 e. The van der Waals surface area contributed by atoms with Crippen molar-refractivity contribution in [3.63, 3.8) is 0 Å². The Balaban J connectivity index is 3.17. The summed E-state index contributed by atoms with van der Waals surface area (Å²) >= 11 is 25.1. The molecule has 0 saturated heterocycles. The van der Waals surface area contributed by atoms with Gasteiger partial charge in [-0.15, -0.1) is 0 Å².